The molecule has 2 rings (SSSR count). The highest BCUT2D eigenvalue weighted by Crippen LogP contribution is 2.29. The van der Waals surface area contributed by atoms with Crippen LogP contribution in [-0.4, -0.2) is 27.0 Å². The molecule has 30 heavy (non-hydrogen) atoms. The van der Waals surface area contributed by atoms with Crippen LogP contribution in [0.2, 0.25) is 0 Å². The second kappa shape index (κ2) is 10.0. The molecule has 2 amide bonds. The van der Waals surface area contributed by atoms with Gasteiger partial charge in [-0.25, -0.2) is 17.9 Å². The molecule has 0 saturated carbocycles. The molecule has 0 saturated heterocycles. The van der Waals surface area contributed by atoms with Crippen molar-refractivity contribution in [1.82, 2.24) is 15.4 Å². The van der Waals surface area contributed by atoms with Crippen molar-refractivity contribution >= 4 is 39.3 Å². The first-order valence-electron chi connectivity index (χ1n) is 9.35. The summed E-state index contributed by atoms with van der Waals surface area (Å²) in [6.07, 6.45) is 1.59. The summed E-state index contributed by atoms with van der Waals surface area (Å²) >= 11 is 4.40. The van der Waals surface area contributed by atoms with Crippen LogP contribution in [0.15, 0.2) is 59.6 Å². The monoisotopic (exact) mass is 448 g/mol. The lowest BCUT2D eigenvalue weighted by Crippen LogP contribution is -2.40. The van der Waals surface area contributed by atoms with Gasteiger partial charge in [-0.2, -0.15) is 0 Å². The summed E-state index contributed by atoms with van der Waals surface area (Å²) in [6, 6.07) is 13.7. The third-order valence-corrected chi connectivity index (χ3v) is 5.99. The van der Waals surface area contributed by atoms with Crippen molar-refractivity contribution in [1.29, 1.82) is 0 Å². The number of rotatable bonds is 7. The second-order valence-electron chi connectivity index (χ2n) is 7.68. The van der Waals surface area contributed by atoms with Gasteiger partial charge in [-0.1, -0.05) is 36.4 Å². The number of carbonyl (C=O) groups excluding carboxylic acids is 1. The number of sulfonamides is 1. The Morgan fingerprint density at radius 2 is 1.77 bits per heavy atom. The van der Waals surface area contributed by atoms with Gasteiger partial charge in [0.25, 0.3) is 0 Å². The Labute approximate surface area is 183 Å². The molecule has 0 bridgehead atoms. The molecule has 0 aliphatic carbocycles. The number of amides is 2. The maximum atomic E-state index is 13.0. The number of anilines is 1. The van der Waals surface area contributed by atoms with Gasteiger partial charge in [0.05, 0.1) is 4.90 Å². The molecule has 4 N–H and O–H groups in total. The van der Waals surface area contributed by atoms with Gasteiger partial charge >= 0.3 is 6.03 Å². The molecule has 0 unspecified atom stereocenters. The third kappa shape index (κ3) is 7.08. The minimum absolute atomic E-state index is 0.0229. The molecule has 2 aromatic carbocycles. The molecule has 7 nitrogen and oxygen atoms in total. The van der Waals surface area contributed by atoms with Gasteiger partial charge in [-0.05, 0) is 38.5 Å². The second-order valence-corrected chi connectivity index (χ2v) is 9.81. The smallest absolute Gasteiger partial charge is 0.319 e. The van der Waals surface area contributed by atoms with Crippen molar-refractivity contribution in [3.8, 4) is 0 Å². The fraction of sp³-hybridized carbons (Fsp3) is 0.286. The highest BCUT2D eigenvalue weighted by atomic mass is 32.2. The number of nitrogens with one attached hydrogen (secondary N) is 4. The van der Waals surface area contributed by atoms with E-state index in [1.54, 1.807) is 46.2 Å². The molecule has 162 valence electrons. The van der Waals surface area contributed by atoms with Gasteiger partial charge in [0.15, 0.2) is 0 Å². The highest BCUT2D eigenvalue weighted by Gasteiger charge is 2.26. The predicted octanol–water partition coefficient (Wildman–Crippen LogP) is 3.53. The third-order valence-electron chi connectivity index (χ3n) is 3.82. The first kappa shape index (κ1) is 23.8. The maximum Gasteiger partial charge on any atom is 0.319 e. The Balaban J connectivity index is 2.29. The van der Waals surface area contributed by atoms with Crippen LogP contribution in [0.5, 0.6) is 0 Å². The summed E-state index contributed by atoms with van der Waals surface area (Å²) in [5.74, 6) is 0. The van der Waals surface area contributed by atoms with Crippen LogP contribution in [0, 0.1) is 0 Å². The zero-order valence-corrected chi connectivity index (χ0v) is 19.2. The van der Waals surface area contributed by atoms with Crippen molar-refractivity contribution in [2.75, 3.05) is 12.4 Å². The molecule has 0 fully saturated rings. The quantitative estimate of drug-likeness (QED) is 0.419. The number of thiol groups is 1. The molecule has 0 aromatic heterocycles. The highest BCUT2D eigenvalue weighted by molar-refractivity contribution is 7.91. The molecule has 0 heterocycles. The molecule has 0 aliphatic heterocycles. The fourth-order valence-electron chi connectivity index (χ4n) is 2.66. The lowest BCUT2D eigenvalue weighted by Gasteiger charge is -2.22. The van der Waals surface area contributed by atoms with Crippen LogP contribution in [0.3, 0.4) is 0 Å². The van der Waals surface area contributed by atoms with E-state index in [1.165, 1.54) is 6.07 Å². The molecule has 9 heteroatoms. The van der Waals surface area contributed by atoms with E-state index in [0.29, 0.717) is 22.7 Å². The first-order chi connectivity index (χ1) is 14.0. The number of hydrogen-bond donors (Lipinski definition) is 5. The Hall–Kier alpha value is -2.49. The van der Waals surface area contributed by atoms with Crippen LogP contribution < -0.4 is 20.7 Å². The standard InChI is InChI=1S/C21H28N4O3S2/c1-21(2,3)25-30(27,28)19-12-16(10-11-17(19)18(29)14-22-4)24-20(26)23-13-15-8-6-5-7-9-15/h5-12,14,22,25,29H,13H2,1-4H3,(H2,23,24,26)/b18-14-. The van der Waals surface area contributed by atoms with Gasteiger partial charge in [0, 0.05) is 41.5 Å². The van der Waals surface area contributed by atoms with E-state index in [4.69, 9.17) is 0 Å². The zero-order valence-electron chi connectivity index (χ0n) is 17.5. The van der Waals surface area contributed by atoms with E-state index >= 15 is 0 Å². The summed E-state index contributed by atoms with van der Waals surface area (Å²) < 4.78 is 28.6. The molecular formula is C21H28N4O3S2. The Kier molecular flexibility index (Phi) is 7.94. The topological polar surface area (TPSA) is 99.3 Å². The number of benzene rings is 2. The van der Waals surface area contributed by atoms with Crippen molar-refractivity contribution in [3.63, 3.8) is 0 Å². The van der Waals surface area contributed by atoms with Gasteiger partial charge in [-0.15, -0.1) is 12.6 Å². The summed E-state index contributed by atoms with van der Waals surface area (Å²) in [5, 5.41) is 8.27. The van der Waals surface area contributed by atoms with Gasteiger partial charge < -0.3 is 16.0 Å². The Bertz CT molecular complexity index is 1010. The normalized spacial score (nSPS) is 12.4. The summed E-state index contributed by atoms with van der Waals surface area (Å²) in [5.41, 5.74) is 1.05. The maximum absolute atomic E-state index is 13.0. The van der Waals surface area contributed by atoms with E-state index in [1.807, 2.05) is 30.3 Å². The largest absolute Gasteiger partial charge is 0.393 e. The van der Waals surface area contributed by atoms with Crippen LogP contribution >= 0.6 is 12.6 Å². The van der Waals surface area contributed by atoms with E-state index in [2.05, 4.69) is 33.3 Å². The summed E-state index contributed by atoms with van der Waals surface area (Å²) in [6.45, 7) is 5.63. The van der Waals surface area contributed by atoms with Crippen LogP contribution in [-0.2, 0) is 16.6 Å². The van der Waals surface area contributed by atoms with Crippen molar-refractivity contribution in [3.05, 3.63) is 65.9 Å². The van der Waals surface area contributed by atoms with Crippen molar-refractivity contribution in [2.24, 2.45) is 0 Å². The lowest BCUT2D eigenvalue weighted by molar-refractivity contribution is 0.251. The Morgan fingerprint density at radius 3 is 2.37 bits per heavy atom. The van der Waals surface area contributed by atoms with E-state index in [9.17, 15) is 13.2 Å². The van der Waals surface area contributed by atoms with Crippen molar-refractivity contribution in [2.45, 2.75) is 37.8 Å². The van der Waals surface area contributed by atoms with E-state index < -0.39 is 21.6 Å². The predicted molar refractivity (Wildman–Crippen MR) is 125 cm³/mol. The van der Waals surface area contributed by atoms with Gasteiger partial charge in [0.1, 0.15) is 0 Å². The van der Waals surface area contributed by atoms with E-state index in [0.717, 1.165) is 5.56 Å². The lowest BCUT2D eigenvalue weighted by atomic mass is 10.1. The molecular weight excluding hydrogens is 420 g/mol. The SMILES string of the molecule is CN/C=C(\S)c1ccc(NC(=O)NCc2ccccc2)cc1S(=O)(=O)NC(C)(C)C. The van der Waals surface area contributed by atoms with Gasteiger partial charge in [0.2, 0.25) is 10.0 Å². The average molecular weight is 449 g/mol. The Morgan fingerprint density at radius 1 is 1.10 bits per heavy atom. The van der Waals surface area contributed by atoms with E-state index in [-0.39, 0.29) is 4.90 Å². The minimum Gasteiger partial charge on any atom is -0.393 e. The summed E-state index contributed by atoms with van der Waals surface area (Å²) in [4.78, 5) is 12.7. The molecule has 0 spiro atoms. The first-order valence-corrected chi connectivity index (χ1v) is 11.3. The zero-order chi connectivity index (χ0) is 22.4. The number of hydrogen-bond acceptors (Lipinski definition) is 5. The minimum atomic E-state index is -3.86. The van der Waals surface area contributed by atoms with Crippen LogP contribution in [0.25, 0.3) is 4.91 Å². The molecule has 0 atom stereocenters. The number of urea groups is 1. The molecule has 0 radical (unpaired) electrons. The van der Waals surface area contributed by atoms with Crippen LogP contribution in [0.4, 0.5) is 10.5 Å². The summed E-state index contributed by atoms with van der Waals surface area (Å²) in [7, 11) is -2.17. The fourth-order valence-corrected chi connectivity index (χ4v) is 4.73. The average Bonchev–Trinajstić information content (AvgIpc) is 2.65. The number of carbonyl (C=O) groups is 1. The van der Waals surface area contributed by atoms with Gasteiger partial charge in [-0.3, -0.25) is 0 Å². The molecule has 0 aliphatic rings. The van der Waals surface area contributed by atoms with Crippen LogP contribution in [0.1, 0.15) is 31.9 Å². The molecule has 2 aromatic rings. The van der Waals surface area contributed by atoms with Crippen molar-refractivity contribution < 1.29 is 13.2 Å².